The van der Waals surface area contributed by atoms with Crippen LogP contribution in [0.15, 0.2) is 47.3 Å². The molecule has 4 rings (SSSR count). The summed E-state index contributed by atoms with van der Waals surface area (Å²) in [5.74, 6) is -0.0167. The predicted octanol–water partition coefficient (Wildman–Crippen LogP) is 5.07. The van der Waals surface area contributed by atoms with Crippen LogP contribution in [0, 0.1) is 0 Å². The Morgan fingerprint density at radius 3 is 2.67 bits per heavy atom. The Kier molecular flexibility index (Phi) is 4.80. The smallest absolute Gasteiger partial charge is 0.254 e. The fraction of sp³-hybridized carbons (Fsp3) is 0.250. The van der Waals surface area contributed by atoms with Crippen LogP contribution in [0.5, 0.6) is 0 Å². The highest BCUT2D eigenvalue weighted by atomic mass is 32.1. The summed E-state index contributed by atoms with van der Waals surface area (Å²) in [6.45, 7) is 4.72. The van der Waals surface area contributed by atoms with E-state index in [0.717, 1.165) is 26.5 Å². The highest BCUT2D eigenvalue weighted by Gasteiger charge is 2.21. The fourth-order valence-electron chi connectivity index (χ4n) is 3.04. The standard InChI is InChI=1S/C20H20N4OS2/c1-13(2)24-19-16(11-21-24)15(10-17(22-19)18-7-5-9-27-18)20(25)23(3)12-14-6-4-8-26-14/h4-11,13H,12H2,1-3H3. The van der Waals surface area contributed by atoms with Gasteiger partial charge in [-0.05, 0) is 42.8 Å². The van der Waals surface area contributed by atoms with Gasteiger partial charge in [-0.1, -0.05) is 12.1 Å². The normalized spacial score (nSPS) is 11.4. The second kappa shape index (κ2) is 7.25. The average molecular weight is 397 g/mol. The van der Waals surface area contributed by atoms with Gasteiger partial charge in [-0.15, -0.1) is 22.7 Å². The molecule has 4 aromatic rings. The molecule has 138 valence electrons. The quantitative estimate of drug-likeness (QED) is 0.473. The number of amides is 1. The monoisotopic (exact) mass is 396 g/mol. The van der Waals surface area contributed by atoms with Gasteiger partial charge in [0.15, 0.2) is 5.65 Å². The maximum absolute atomic E-state index is 13.3. The number of carbonyl (C=O) groups excluding carboxylic acids is 1. The molecule has 0 N–H and O–H groups in total. The molecular formula is C20H20N4OS2. The number of rotatable bonds is 5. The summed E-state index contributed by atoms with van der Waals surface area (Å²) in [5, 5.41) is 9.33. The van der Waals surface area contributed by atoms with Gasteiger partial charge in [0.25, 0.3) is 5.91 Å². The lowest BCUT2D eigenvalue weighted by Crippen LogP contribution is -2.26. The Morgan fingerprint density at radius 2 is 2.00 bits per heavy atom. The van der Waals surface area contributed by atoms with E-state index in [-0.39, 0.29) is 11.9 Å². The topological polar surface area (TPSA) is 51.0 Å². The van der Waals surface area contributed by atoms with Crippen LogP contribution in [0.4, 0.5) is 0 Å². The van der Waals surface area contributed by atoms with Crippen molar-refractivity contribution < 1.29 is 4.79 Å². The summed E-state index contributed by atoms with van der Waals surface area (Å²) >= 11 is 3.27. The van der Waals surface area contributed by atoms with Crippen molar-refractivity contribution in [3.8, 4) is 10.6 Å². The number of thiophene rings is 2. The molecule has 7 heteroatoms. The number of carbonyl (C=O) groups is 1. The van der Waals surface area contributed by atoms with Crippen LogP contribution in [-0.4, -0.2) is 32.6 Å². The minimum atomic E-state index is -0.0167. The minimum Gasteiger partial charge on any atom is -0.337 e. The first-order valence-electron chi connectivity index (χ1n) is 8.74. The van der Waals surface area contributed by atoms with Gasteiger partial charge in [0.05, 0.1) is 34.3 Å². The maximum atomic E-state index is 13.3. The van der Waals surface area contributed by atoms with Gasteiger partial charge in [0.2, 0.25) is 0 Å². The molecule has 0 aromatic carbocycles. The number of hydrogen-bond donors (Lipinski definition) is 0. The largest absolute Gasteiger partial charge is 0.337 e. The van der Waals surface area contributed by atoms with Gasteiger partial charge in [-0.2, -0.15) is 5.10 Å². The van der Waals surface area contributed by atoms with Crippen LogP contribution in [0.3, 0.4) is 0 Å². The third kappa shape index (κ3) is 3.40. The predicted molar refractivity (Wildman–Crippen MR) is 111 cm³/mol. The first-order valence-corrected chi connectivity index (χ1v) is 10.5. The van der Waals surface area contributed by atoms with Gasteiger partial charge < -0.3 is 4.90 Å². The Labute approximate surface area is 165 Å². The number of aromatic nitrogens is 3. The summed E-state index contributed by atoms with van der Waals surface area (Å²) < 4.78 is 1.88. The van der Waals surface area contributed by atoms with Crippen molar-refractivity contribution in [2.24, 2.45) is 0 Å². The van der Waals surface area contributed by atoms with E-state index in [0.29, 0.717) is 12.1 Å². The van der Waals surface area contributed by atoms with E-state index < -0.39 is 0 Å². The number of pyridine rings is 1. The van der Waals surface area contributed by atoms with Gasteiger partial charge in [-0.25, -0.2) is 9.67 Å². The lowest BCUT2D eigenvalue weighted by Gasteiger charge is -2.17. The second-order valence-electron chi connectivity index (χ2n) is 6.69. The molecule has 0 aliphatic rings. The first-order chi connectivity index (χ1) is 13.0. The molecule has 0 atom stereocenters. The molecule has 0 aliphatic carbocycles. The van der Waals surface area contributed by atoms with Crippen molar-refractivity contribution in [3.63, 3.8) is 0 Å². The van der Waals surface area contributed by atoms with E-state index in [1.54, 1.807) is 33.8 Å². The minimum absolute atomic E-state index is 0.0167. The van der Waals surface area contributed by atoms with E-state index in [1.165, 1.54) is 0 Å². The molecule has 0 fully saturated rings. The molecule has 1 amide bonds. The SMILES string of the molecule is CC(C)n1ncc2c(C(=O)N(C)Cc3cccs3)cc(-c3cccs3)nc21. The highest BCUT2D eigenvalue weighted by Crippen LogP contribution is 2.29. The zero-order valence-corrected chi connectivity index (χ0v) is 17.0. The summed E-state index contributed by atoms with van der Waals surface area (Å²) in [6, 6.07) is 10.1. The molecule has 27 heavy (non-hydrogen) atoms. The Bertz CT molecular complexity index is 1070. The van der Waals surface area contributed by atoms with E-state index in [4.69, 9.17) is 4.98 Å². The maximum Gasteiger partial charge on any atom is 0.254 e. The first kappa shape index (κ1) is 17.9. The van der Waals surface area contributed by atoms with Crippen LogP contribution >= 0.6 is 22.7 Å². The lowest BCUT2D eigenvalue weighted by atomic mass is 10.1. The highest BCUT2D eigenvalue weighted by molar-refractivity contribution is 7.13. The number of nitrogens with zero attached hydrogens (tertiary/aromatic N) is 4. The molecule has 4 aromatic heterocycles. The third-order valence-corrected chi connectivity index (χ3v) is 6.13. The Morgan fingerprint density at radius 1 is 1.22 bits per heavy atom. The van der Waals surface area contributed by atoms with E-state index in [2.05, 4.69) is 18.9 Å². The van der Waals surface area contributed by atoms with Crippen molar-refractivity contribution in [2.45, 2.75) is 26.4 Å². The van der Waals surface area contributed by atoms with E-state index in [1.807, 2.05) is 52.8 Å². The molecule has 0 unspecified atom stereocenters. The molecule has 0 saturated heterocycles. The van der Waals surface area contributed by atoms with Crippen molar-refractivity contribution in [1.29, 1.82) is 0 Å². The molecule has 0 radical (unpaired) electrons. The lowest BCUT2D eigenvalue weighted by molar-refractivity contribution is 0.0788. The van der Waals surface area contributed by atoms with Gasteiger partial charge in [0.1, 0.15) is 0 Å². The molecule has 0 aliphatic heterocycles. The van der Waals surface area contributed by atoms with Crippen molar-refractivity contribution in [3.05, 3.63) is 57.7 Å². The summed E-state index contributed by atoms with van der Waals surface area (Å²) in [4.78, 5) is 22.0. The summed E-state index contributed by atoms with van der Waals surface area (Å²) in [6.07, 6.45) is 1.76. The molecule has 0 saturated carbocycles. The zero-order chi connectivity index (χ0) is 19.0. The molecule has 0 spiro atoms. The van der Waals surface area contributed by atoms with Gasteiger partial charge >= 0.3 is 0 Å². The van der Waals surface area contributed by atoms with Crippen LogP contribution in [0.1, 0.15) is 35.1 Å². The molecular weight excluding hydrogens is 376 g/mol. The van der Waals surface area contributed by atoms with Crippen LogP contribution in [0.25, 0.3) is 21.6 Å². The Balaban J connectivity index is 1.81. The zero-order valence-electron chi connectivity index (χ0n) is 15.4. The summed E-state index contributed by atoms with van der Waals surface area (Å²) in [5.41, 5.74) is 2.21. The van der Waals surface area contributed by atoms with Gasteiger partial charge in [-0.3, -0.25) is 4.79 Å². The second-order valence-corrected chi connectivity index (χ2v) is 8.67. The molecule has 0 bridgehead atoms. The molecule has 5 nitrogen and oxygen atoms in total. The van der Waals surface area contributed by atoms with E-state index >= 15 is 0 Å². The van der Waals surface area contributed by atoms with Crippen LogP contribution in [0.2, 0.25) is 0 Å². The van der Waals surface area contributed by atoms with Crippen molar-refractivity contribution in [1.82, 2.24) is 19.7 Å². The molecule has 4 heterocycles. The van der Waals surface area contributed by atoms with E-state index in [9.17, 15) is 4.79 Å². The third-order valence-electron chi connectivity index (χ3n) is 4.38. The fourth-order valence-corrected chi connectivity index (χ4v) is 4.48. The summed E-state index contributed by atoms with van der Waals surface area (Å²) in [7, 11) is 1.84. The average Bonchev–Trinajstić information content (AvgIpc) is 3.40. The Hall–Kier alpha value is -2.51. The van der Waals surface area contributed by atoms with Crippen molar-refractivity contribution >= 4 is 39.6 Å². The van der Waals surface area contributed by atoms with Gasteiger partial charge in [0, 0.05) is 18.0 Å². The number of fused-ring (bicyclic) bond motifs is 1. The van der Waals surface area contributed by atoms with Crippen molar-refractivity contribution in [2.75, 3.05) is 7.05 Å². The van der Waals surface area contributed by atoms with Crippen LogP contribution in [-0.2, 0) is 6.54 Å². The number of hydrogen-bond acceptors (Lipinski definition) is 5. The van der Waals surface area contributed by atoms with Crippen LogP contribution < -0.4 is 0 Å².